The Labute approximate surface area is 161 Å². The fourth-order valence-corrected chi connectivity index (χ4v) is 3.82. The highest BCUT2D eigenvalue weighted by molar-refractivity contribution is 8.27. The molecule has 0 unspecified atom stereocenters. The second-order valence-electron chi connectivity index (χ2n) is 5.33. The Bertz CT molecular complexity index is 895. The summed E-state index contributed by atoms with van der Waals surface area (Å²) in [6.07, 6.45) is 1.76. The molecule has 0 radical (unpaired) electrons. The highest BCUT2D eigenvalue weighted by Gasteiger charge is 2.33. The molecule has 1 heterocycles. The van der Waals surface area contributed by atoms with Crippen molar-refractivity contribution < 1.29 is 19.0 Å². The van der Waals surface area contributed by atoms with Gasteiger partial charge in [0, 0.05) is 11.6 Å². The van der Waals surface area contributed by atoms with Crippen LogP contribution in [0.25, 0.3) is 6.08 Å². The van der Waals surface area contributed by atoms with Gasteiger partial charge in [0.15, 0.2) is 4.32 Å². The number of hydrogen-bond donors (Lipinski definition) is 0. The van der Waals surface area contributed by atoms with E-state index < -0.39 is 0 Å². The van der Waals surface area contributed by atoms with Crippen LogP contribution in [0.15, 0.2) is 47.4 Å². The summed E-state index contributed by atoms with van der Waals surface area (Å²) in [6, 6.07) is 12.7. The smallest absolute Gasteiger partial charge is 0.270 e. The lowest BCUT2D eigenvalue weighted by atomic mass is 10.1. The molecule has 1 fully saturated rings. The fraction of sp³-hybridized carbons (Fsp3) is 0.158. The number of ether oxygens (including phenoxy) is 3. The SMILES string of the molecule is COc1cccc(N2C(=O)/C(=C/c3cc(OC)ccc3OC)SC2=S)c1. The van der Waals surface area contributed by atoms with E-state index >= 15 is 0 Å². The zero-order valence-electron chi connectivity index (χ0n) is 14.5. The van der Waals surface area contributed by atoms with Crippen LogP contribution < -0.4 is 19.1 Å². The Hall–Kier alpha value is -2.51. The maximum absolute atomic E-state index is 12.9. The monoisotopic (exact) mass is 387 g/mol. The van der Waals surface area contributed by atoms with Crippen LogP contribution in [0.5, 0.6) is 17.2 Å². The third-order valence-electron chi connectivity index (χ3n) is 3.83. The van der Waals surface area contributed by atoms with Gasteiger partial charge in [0.05, 0.1) is 31.9 Å². The number of carbonyl (C=O) groups is 1. The van der Waals surface area contributed by atoms with E-state index in [1.54, 1.807) is 45.6 Å². The maximum atomic E-state index is 12.9. The summed E-state index contributed by atoms with van der Waals surface area (Å²) in [5, 5.41) is 0. The molecule has 1 saturated heterocycles. The van der Waals surface area contributed by atoms with Crippen molar-refractivity contribution in [3.05, 3.63) is 52.9 Å². The van der Waals surface area contributed by atoms with Crippen LogP contribution in [-0.4, -0.2) is 31.6 Å². The molecular formula is C19H17NO4S2. The number of thioether (sulfide) groups is 1. The zero-order valence-corrected chi connectivity index (χ0v) is 16.1. The van der Waals surface area contributed by atoms with Crippen LogP contribution in [-0.2, 0) is 4.79 Å². The molecule has 0 atom stereocenters. The number of thiocarbonyl (C=S) groups is 1. The molecule has 7 heteroatoms. The minimum atomic E-state index is -0.182. The average molecular weight is 387 g/mol. The van der Waals surface area contributed by atoms with Gasteiger partial charge in [0.1, 0.15) is 17.2 Å². The predicted octanol–water partition coefficient (Wildman–Crippen LogP) is 4.12. The van der Waals surface area contributed by atoms with Crippen molar-refractivity contribution in [3.63, 3.8) is 0 Å². The summed E-state index contributed by atoms with van der Waals surface area (Å²) in [5.74, 6) is 1.81. The van der Waals surface area contributed by atoms with Crippen LogP contribution >= 0.6 is 24.0 Å². The van der Waals surface area contributed by atoms with Gasteiger partial charge >= 0.3 is 0 Å². The van der Waals surface area contributed by atoms with E-state index in [1.165, 1.54) is 16.7 Å². The van der Waals surface area contributed by atoms with Gasteiger partial charge < -0.3 is 14.2 Å². The Morgan fingerprint density at radius 2 is 1.73 bits per heavy atom. The lowest BCUT2D eigenvalue weighted by Gasteiger charge is -2.15. The first-order valence-corrected chi connectivity index (χ1v) is 8.94. The molecule has 0 N–H and O–H groups in total. The average Bonchev–Trinajstić information content (AvgIpc) is 2.95. The Morgan fingerprint density at radius 3 is 2.42 bits per heavy atom. The summed E-state index contributed by atoms with van der Waals surface area (Å²) in [7, 11) is 4.76. The van der Waals surface area contributed by atoms with Gasteiger partial charge in [-0.25, -0.2) is 0 Å². The van der Waals surface area contributed by atoms with Crippen LogP contribution in [0.2, 0.25) is 0 Å². The Balaban J connectivity index is 1.97. The topological polar surface area (TPSA) is 48.0 Å². The number of rotatable bonds is 5. The van der Waals surface area contributed by atoms with E-state index in [0.29, 0.717) is 32.2 Å². The number of nitrogens with zero attached hydrogens (tertiary/aromatic N) is 1. The van der Waals surface area contributed by atoms with Crippen molar-refractivity contribution in [1.82, 2.24) is 0 Å². The third-order valence-corrected chi connectivity index (χ3v) is 5.13. The van der Waals surface area contributed by atoms with E-state index in [9.17, 15) is 4.79 Å². The number of amides is 1. The molecule has 1 aliphatic rings. The molecule has 0 aromatic heterocycles. The number of benzene rings is 2. The summed E-state index contributed by atoms with van der Waals surface area (Å²) < 4.78 is 16.3. The standard InChI is InChI=1S/C19H17NO4S2/c1-22-14-6-4-5-13(11-14)20-18(21)17(26-19(20)25)10-12-9-15(23-2)7-8-16(12)24-3/h4-11H,1-3H3/b17-10-. The van der Waals surface area contributed by atoms with Crippen LogP contribution in [0.3, 0.4) is 0 Å². The first-order valence-electron chi connectivity index (χ1n) is 7.71. The molecule has 1 aliphatic heterocycles. The van der Waals surface area contributed by atoms with Crippen molar-refractivity contribution >= 4 is 46.0 Å². The van der Waals surface area contributed by atoms with E-state index in [-0.39, 0.29) is 5.91 Å². The Morgan fingerprint density at radius 1 is 1.00 bits per heavy atom. The number of anilines is 1. The molecule has 2 aromatic rings. The van der Waals surface area contributed by atoms with Crippen LogP contribution in [0.4, 0.5) is 5.69 Å². The Kier molecular flexibility index (Phi) is 5.49. The summed E-state index contributed by atoms with van der Waals surface area (Å²) in [5.41, 5.74) is 1.42. The first-order chi connectivity index (χ1) is 12.6. The molecule has 1 amide bonds. The molecule has 0 spiro atoms. The van der Waals surface area contributed by atoms with Gasteiger partial charge in [-0.05, 0) is 36.4 Å². The van der Waals surface area contributed by atoms with Crippen molar-refractivity contribution in [1.29, 1.82) is 0 Å². The quantitative estimate of drug-likeness (QED) is 0.568. The van der Waals surface area contributed by atoms with E-state index in [4.69, 9.17) is 26.4 Å². The lowest BCUT2D eigenvalue weighted by Crippen LogP contribution is -2.27. The van der Waals surface area contributed by atoms with Crippen molar-refractivity contribution in [3.8, 4) is 17.2 Å². The van der Waals surface area contributed by atoms with Crippen molar-refractivity contribution in [2.75, 3.05) is 26.2 Å². The third kappa shape index (κ3) is 3.54. The molecular weight excluding hydrogens is 370 g/mol. The molecule has 26 heavy (non-hydrogen) atoms. The zero-order chi connectivity index (χ0) is 18.7. The number of hydrogen-bond acceptors (Lipinski definition) is 6. The molecule has 3 rings (SSSR count). The molecule has 134 valence electrons. The maximum Gasteiger partial charge on any atom is 0.270 e. The van der Waals surface area contributed by atoms with Crippen molar-refractivity contribution in [2.45, 2.75) is 0 Å². The van der Waals surface area contributed by atoms with E-state index in [0.717, 1.165) is 5.56 Å². The summed E-state index contributed by atoms with van der Waals surface area (Å²) >= 11 is 6.66. The van der Waals surface area contributed by atoms with Gasteiger partial charge in [0.2, 0.25) is 0 Å². The second kappa shape index (κ2) is 7.80. The van der Waals surface area contributed by atoms with Gasteiger partial charge in [-0.15, -0.1) is 0 Å². The highest BCUT2D eigenvalue weighted by atomic mass is 32.2. The van der Waals surface area contributed by atoms with Gasteiger partial charge in [0.25, 0.3) is 5.91 Å². The minimum Gasteiger partial charge on any atom is -0.497 e. The normalized spacial score (nSPS) is 15.5. The van der Waals surface area contributed by atoms with E-state index in [1.807, 2.05) is 24.3 Å². The molecule has 0 aliphatic carbocycles. The molecule has 5 nitrogen and oxygen atoms in total. The first kappa shape index (κ1) is 18.3. The van der Waals surface area contributed by atoms with Crippen LogP contribution in [0.1, 0.15) is 5.56 Å². The largest absolute Gasteiger partial charge is 0.497 e. The minimum absolute atomic E-state index is 0.182. The van der Waals surface area contributed by atoms with Gasteiger partial charge in [-0.3, -0.25) is 9.69 Å². The predicted molar refractivity (Wildman–Crippen MR) is 108 cm³/mol. The summed E-state index contributed by atoms with van der Waals surface area (Å²) in [6.45, 7) is 0. The summed E-state index contributed by atoms with van der Waals surface area (Å²) in [4.78, 5) is 14.9. The number of carbonyl (C=O) groups excluding carboxylic acids is 1. The fourth-order valence-electron chi connectivity index (χ4n) is 2.53. The second-order valence-corrected chi connectivity index (χ2v) is 7.00. The van der Waals surface area contributed by atoms with E-state index in [2.05, 4.69) is 0 Å². The van der Waals surface area contributed by atoms with Crippen molar-refractivity contribution in [2.24, 2.45) is 0 Å². The lowest BCUT2D eigenvalue weighted by molar-refractivity contribution is -0.113. The molecule has 0 bridgehead atoms. The van der Waals surface area contributed by atoms with Gasteiger partial charge in [-0.1, -0.05) is 30.0 Å². The number of methoxy groups -OCH3 is 3. The molecule has 2 aromatic carbocycles. The molecule has 0 saturated carbocycles. The van der Waals surface area contributed by atoms with Crippen LogP contribution in [0, 0.1) is 0 Å². The van der Waals surface area contributed by atoms with Gasteiger partial charge in [-0.2, -0.15) is 0 Å². The highest BCUT2D eigenvalue weighted by Crippen LogP contribution is 2.38.